The lowest BCUT2D eigenvalue weighted by molar-refractivity contribution is -0.118. The SMILES string of the molecule is C/C=C/C(=O)NCCCCC(N)=O. The lowest BCUT2D eigenvalue weighted by Gasteiger charge is -2.00. The van der Waals surface area contributed by atoms with Crippen LogP contribution in [0.3, 0.4) is 0 Å². The second kappa shape index (κ2) is 7.34. The maximum Gasteiger partial charge on any atom is 0.243 e. The van der Waals surface area contributed by atoms with Crippen LogP contribution in [0.5, 0.6) is 0 Å². The van der Waals surface area contributed by atoms with Gasteiger partial charge in [0.05, 0.1) is 0 Å². The van der Waals surface area contributed by atoms with Crippen LogP contribution in [0.1, 0.15) is 26.2 Å². The Bertz CT molecular complexity index is 200. The maximum atomic E-state index is 10.9. The minimum absolute atomic E-state index is 0.0958. The van der Waals surface area contributed by atoms with E-state index in [1.165, 1.54) is 6.08 Å². The number of carbonyl (C=O) groups excluding carboxylic acids is 2. The Kier molecular flexibility index (Phi) is 6.59. The highest BCUT2D eigenvalue weighted by Crippen LogP contribution is 1.92. The standard InChI is InChI=1S/C9H16N2O2/c1-2-5-9(13)11-7-4-3-6-8(10)12/h2,5H,3-4,6-7H2,1H3,(H2,10,12)(H,11,13)/b5-2+. The number of unbranched alkanes of at least 4 members (excludes halogenated alkanes) is 1. The van der Waals surface area contributed by atoms with Crippen LogP contribution < -0.4 is 11.1 Å². The Labute approximate surface area is 78.2 Å². The van der Waals surface area contributed by atoms with Crippen molar-refractivity contribution in [1.82, 2.24) is 5.32 Å². The van der Waals surface area contributed by atoms with Gasteiger partial charge in [-0.05, 0) is 25.8 Å². The summed E-state index contributed by atoms with van der Waals surface area (Å²) in [5.74, 6) is -0.388. The number of nitrogens with one attached hydrogen (secondary N) is 1. The van der Waals surface area contributed by atoms with E-state index < -0.39 is 0 Å². The first-order valence-corrected chi connectivity index (χ1v) is 4.35. The Morgan fingerprint density at radius 2 is 2.08 bits per heavy atom. The summed E-state index contributed by atoms with van der Waals surface area (Å²) in [6.07, 6.45) is 5.05. The highest BCUT2D eigenvalue weighted by Gasteiger charge is 1.95. The Balaban J connectivity index is 3.25. The van der Waals surface area contributed by atoms with Gasteiger partial charge in [-0.3, -0.25) is 9.59 Å². The molecule has 4 nitrogen and oxygen atoms in total. The van der Waals surface area contributed by atoms with E-state index in [1.54, 1.807) is 13.0 Å². The molecule has 0 aliphatic heterocycles. The summed E-state index contributed by atoms with van der Waals surface area (Å²) in [6.45, 7) is 2.38. The van der Waals surface area contributed by atoms with Crippen molar-refractivity contribution in [3.05, 3.63) is 12.2 Å². The third-order valence-corrected chi connectivity index (χ3v) is 1.47. The Hall–Kier alpha value is -1.32. The van der Waals surface area contributed by atoms with E-state index in [9.17, 15) is 9.59 Å². The van der Waals surface area contributed by atoms with Crippen LogP contribution in [0.25, 0.3) is 0 Å². The fourth-order valence-corrected chi connectivity index (χ4v) is 0.846. The number of hydrogen-bond donors (Lipinski definition) is 2. The molecule has 0 unspecified atom stereocenters. The molecule has 0 bridgehead atoms. The largest absolute Gasteiger partial charge is 0.370 e. The maximum absolute atomic E-state index is 10.9. The molecule has 0 atom stereocenters. The Morgan fingerprint density at radius 1 is 1.38 bits per heavy atom. The molecular weight excluding hydrogens is 168 g/mol. The second-order valence-corrected chi connectivity index (χ2v) is 2.71. The third-order valence-electron chi connectivity index (χ3n) is 1.47. The smallest absolute Gasteiger partial charge is 0.243 e. The summed E-state index contributed by atoms with van der Waals surface area (Å²) < 4.78 is 0. The van der Waals surface area contributed by atoms with Crippen molar-refractivity contribution >= 4 is 11.8 Å². The molecule has 3 N–H and O–H groups in total. The molecule has 0 rings (SSSR count). The molecule has 0 aliphatic carbocycles. The molecule has 4 heteroatoms. The molecule has 0 aromatic rings. The lowest BCUT2D eigenvalue weighted by Crippen LogP contribution is -2.22. The van der Waals surface area contributed by atoms with Gasteiger partial charge in [-0.25, -0.2) is 0 Å². The molecule has 0 saturated carbocycles. The van der Waals surface area contributed by atoms with Crippen molar-refractivity contribution in [3.63, 3.8) is 0 Å². The second-order valence-electron chi connectivity index (χ2n) is 2.71. The molecule has 0 aromatic carbocycles. The van der Waals surface area contributed by atoms with E-state index in [1.807, 2.05) is 0 Å². The molecule has 2 amide bonds. The van der Waals surface area contributed by atoms with E-state index in [2.05, 4.69) is 5.32 Å². The number of nitrogens with two attached hydrogens (primary N) is 1. The summed E-state index contributed by atoms with van der Waals surface area (Å²) in [4.78, 5) is 21.2. The first-order valence-electron chi connectivity index (χ1n) is 4.35. The fourth-order valence-electron chi connectivity index (χ4n) is 0.846. The molecule has 0 fully saturated rings. The van der Waals surface area contributed by atoms with Crippen LogP contribution in [-0.2, 0) is 9.59 Å². The molecular formula is C9H16N2O2. The monoisotopic (exact) mass is 184 g/mol. The summed E-state index contributed by atoms with van der Waals surface area (Å²) >= 11 is 0. The predicted octanol–water partition coefficient (Wildman–Crippen LogP) is 0.334. The molecule has 13 heavy (non-hydrogen) atoms. The van der Waals surface area contributed by atoms with Crippen molar-refractivity contribution in [2.24, 2.45) is 5.73 Å². The normalized spacial score (nSPS) is 10.2. The van der Waals surface area contributed by atoms with Gasteiger partial charge in [0.2, 0.25) is 11.8 Å². The third kappa shape index (κ3) is 8.59. The van der Waals surface area contributed by atoms with Gasteiger partial charge in [-0.15, -0.1) is 0 Å². The Morgan fingerprint density at radius 3 is 2.62 bits per heavy atom. The van der Waals surface area contributed by atoms with Gasteiger partial charge in [0.25, 0.3) is 0 Å². The van der Waals surface area contributed by atoms with Gasteiger partial charge in [0, 0.05) is 13.0 Å². The topological polar surface area (TPSA) is 72.2 Å². The molecule has 0 aliphatic rings. The van der Waals surface area contributed by atoms with E-state index in [0.717, 1.165) is 12.8 Å². The first kappa shape index (κ1) is 11.7. The fraction of sp³-hybridized carbons (Fsp3) is 0.556. The van der Waals surface area contributed by atoms with Gasteiger partial charge in [-0.1, -0.05) is 6.08 Å². The molecule has 0 aromatic heterocycles. The zero-order valence-electron chi connectivity index (χ0n) is 7.88. The summed E-state index contributed by atoms with van der Waals surface area (Å²) in [5, 5.41) is 2.68. The van der Waals surface area contributed by atoms with Crippen LogP contribution >= 0.6 is 0 Å². The molecule has 74 valence electrons. The van der Waals surface area contributed by atoms with E-state index >= 15 is 0 Å². The zero-order chi connectivity index (χ0) is 10.1. The van der Waals surface area contributed by atoms with Crippen LogP contribution in [0.4, 0.5) is 0 Å². The lowest BCUT2D eigenvalue weighted by atomic mass is 10.2. The van der Waals surface area contributed by atoms with Crippen LogP contribution in [0.2, 0.25) is 0 Å². The van der Waals surface area contributed by atoms with Crippen molar-refractivity contribution in [2.75, 3.05) is 6.54 Å². The highest BCUT2D eigenvalue weighted by molar-refractivity contribution is 5.87. The average molecular weight is 184 g/mol. The van der Waals surface area contributed by atoms with Gasteiger partial charge >= 0.3 is 0 Å². The van der Waals surface area contributed by atoms with E-state index in [4.69, 9.17) is 5.73 Å². The van der Waals surface area contributed by atoms with Crippen LogP contribution in [-0.4, -0.2) is 18.4 Å². The van der Waals surface area contributed by atoms with E-state index in [0.29, 0.717) is 13.0 Å². The van der Waals surface area contributed by atoms with Gasteiger partial charge in [-0.2, -0.15) is 0 Å². The minimum Gasteiger partial charge on any atom is -0.370 e. The summed E-state index contributed by atoms with van der Waals surface area (Å²) in [6, 6.07) is 0. The minimum atomic E-state index is -0.292. The van der Waals surface area contributed by atoms with Crippen molar-refractivity contribution in [3.8, 4) is 0 Å². The van der Waals surface area contributed by atoms with Crippen LogP contribution in [0.15, 0.2) is 12.2 Å². The quantitative estimate of drug-likeness (QED) is 0.461. The number of hydrogen-bond acceptors (Lipinski definition) is 2. The average Bonchev–Trinajstić information content (AvgIpc) is 2.03. The highest BCUT2D eigenvalue weighted by atomic mass is 16.1. The van der Waals surface area contributed by atoms with Gasteiger partial charge in [0.15, 0.2) is 0 Å². The zero-order valence-corrected chi connectivity index (χ0v) is 7.88. The molecule has 0 spiro atoms. The molecule has 0 saturated heterocycles. The summed E-state index contributed by atoms with van der Waals surface area (Å²) in [5.41, 5.74) is 4.94. The van der Waals surface area contributed by atoms with Gasteiger partial charge < -0.3 is 11.1 Å². The number of allylic oxidation sites excluding steroid dienone is 1. The van der Waals surface area contributed by atoms with Crippen molar-refractivity contribution < 1.29 is 9.59 Å². The van der Waals surface area contributed by atoms with Crippen LogP contribution in [0, 0.1) is 0 Å². The molecule has 0 heterocycles. The first-order chi connectivity index (χ1) is 6.16. The van der Waals surface area contributed by atoms with Crippen molar-refractivity contribution in [2.45, 2.75) is 26.2 Å². The van der Waals surface area contributed by atoms with Gasteiger partial charge in [0.1, 0.15) is 0 Å². The van der Waals surface area contributed by atoms with Crippen molar-refractivity contribution in [1.29, 1.82) is 0 Å². The van der Waals surface area contributed by atoms with E-state index in [-0.39, 0.29) is 11.8 Å². The number of rotatable bonds is 6. The summed E-state index contributed by atoms with van der Waals surface area (Å²) in [7, 11) is 0. The predicted molar refractivity (Wildman–Crippen MR) is 50.9 cm³/mol. The number of primary amides is 1. The number of carbonyl (C=O) groups is 2. The number of amides is 2. The molecule has 0 radical (unpaired) electrons.